The van der Waals surface area contributed by atoms with Gasteiger partial charge in [0.15, 0.2) is 0 Å². The van der Waals surface area contributed by atoms with Gasteiger partial charge in [-0.25, -0.2) is 4.98 Å². The number of aromatic nitrogens is 2. The highest BCUT2D eigenvalue weighted by atomic mass is 15.4. The van der Waals surface area contributed by atoms with Crippen molar-refractivity contribution in [1.82, 2.24) is 19.8 Å². The molecule has 2 N–H and O–H groups in total. The Morgan fingerprint density at radius 1 is 1.11 bits per heavy atom. The van der Waals surface area contributed by atoms with Gasteiger partial charge in [0.1, 0.15) is 11.9 Å². The second-order valence-corrected chi connectivity index (χ2v) is 12.1. The van der Waals surface area contributed by atoms with Gasteiger partial charge >= 0.3 is 0 Å². The molecule has 2 atom stereocenters. The number of aryl methyl sites for hydroxylation is 1. The van der Waals surface area contributed by atoms with Gasteiger partial charge in [0.05, 0.1) is 12.5 Å². The van der Waals surface area contributed by atoms with Crippen molar-refractivity contribution in [3.05, 3.63) is 59.4 Å². The standard InChI is InChI=1S/C30H38N8/c1-21-15-36(26-9-7-23(14-31)28-25(26)6-5-11-33-28)20-30(4)19-35(12-13-38(21)30)16-24-8-10-27(34-22(24)2)37-17-29(3,32)18-37/h5-11,21H,12-13,15-20,32H2,1-4H3/t21-,30+/m1/s1/i11D. The van der Waals surface area contributed by atoms with Crippen LogP contribution in [0.15, 0.2) is 42.6 Å². The average Bonchev–Trinajstić information content (AvgIpc) is 2.87. The molecular formula is C30H38N8. The Kier molecular flexibility index (Phi) is 5.77. The van der Waals surface area contributed by atoms with Gasteiger partial charge in [-0.15, -0.1) is 0 Å². The van der Waals surface area contributed by atoms with Crippen molar-refractivity contribution in [3.8, 4) is 6.07 Å². The molecule has 3 aromatic rings. The van der Waals surface area contributed by atoms with E-state index in [9.17, 15) is 5.26 Å². The van der Waals surface area contributed by atoms with E-state index >= 15 is 0 Å². The van der Waals surface area contributed by atoms with Crippen molar-refractivity contribution in [3.63, 3.8) is 0 Å². The van der Waals surface area contributed by atoms with Crippen LogP contribution in [0.1, 0.15) is 39.0 Å². The molecule has 0 spiro atoms. The number of anilines is 2. The lowest BCUT2D eigenvalue weighted by Crippen LogP contribution is -2.71. The maximum atomic E-state index is 9.62. The van der Waals surface area contributed by atoms with Crippen LogP contribution in [-0.2, 0) is 6.54 Å². The first kappa shape index (κ1) is 23.8. The Morgan fingerprint density at radius 2 is 1.92 bits per heavy atom. The van der Waals surface area contributed by atoms with Gasteiger partial charge in [-0.3, -0.25) is 14.8 Å². The minimum atomic E-state index is -0.112. The summed E-state index contributed by atoms with van der Waals surface area (Å²) in [4.78, 5) is 19.3. The van der Waals surface area contributed by atoms with Crippen LogP contribution in [0.2, 0.25) is 0 Å². The van der Waals surface area contributed by atoms with Crippen LogP contribution in [0.25, 0.3) is 10.9 Å². The molecule has 0 aliphatic carbocycles. The molecule has 6 rings (SSSR count). The van der Waals surface area contributed by atoms with Crippen LogP contribution in [0.4, 0.5) is 11.5 Å². The highest BCUT2D eigenvalue weighted by molar-refractivity contribution is 5.95. The Labute approximate surface area is 227 Å². The van der Waals surface area contributed by atoms with Gasteiger partial charge in [0, 0.05) is 92.4 Å². The van der Waals surface area contributed by atoms with E-state index in [1.54, 1.807) is 6.07 Å². The predicted octanol–water partition coefficient (Wildman–Crippen LogP) is 3.13. The van der Waals surface area contributed by atoms with E-state index in [-0.39, 0.29) is 17.3 Å². The molecule has 8 nitrogen and oxygen atoms in total. The average molecular weight is 512 g/mol. The Balaban J connectivity index is 1.21. The molecule has 3 aliphatic rings. The number of hydrogen-bond donors (Lipinski definition) is 1. The van der Waals surface area contributed by atoms with Gasteiger partial charge in [0.2, 0.25) is 0 Å². The number of piperazine rings is 2. The Morgan fingerprint density at radius 3 is 2.66 bits per heavy atom. The monoisotopic (exact) mass is 511 g/mol. The maximum absolute atomic E-state index is 9.62. The summed E-state index contributed by atoms with van der Waals surface area (Å²) in [5.41, 5.74) is 10.7. The number of rotatable bonds is 4. The van der Waals surface area contributed by atoms with E-state index < -0.39 is 0 Å². The fourth-order valence-corrected chi connectivity index (χ4v) is 6.89. The number of nitrogens with zero attached hydrogens (tertiary/aromatic N) is 7. The third-order valence-electron chi connectivity index (χ3n) is 8.62. The van der Waals surface area contributed by atoms with Crippen molar-refractivity contribution in [1.29, 1.82) is 5.26 Å². The van der Waals surface area contributed by atoms with E-state index in [2.05, 4.69) is 76.5 Å². The molecule has 5 heterocycles. The van der Waals surface area contributed by atoms with Gasteiger partial charge in [0.25, 0.3) is 0 Å². The second-order valence-electron chi connectivity index (χ2n) is 12.1. The molecule has 0 unspecified atom stereocenters. The molecule has 3 aliphatic heterocycles. The summed E-state index contributed by atoms with van der Waals surface area (Å²) in [6, 6.07) is 14.6. The number of fused-ring (bicyclic) bond motifs is 2. The number of hydrogen-bond acceptors (Lipinski definition) is 8. The summed E-state index contributed by atoms with van der Waals surface area (Å²) in [6.45, 7) is 16.4. The molecule has 0 amide bonds. The van der Waals surface area contributed by atoms with Gasteiger partial charge < -0.3 is 15.5 Å². The van der Waals surface area contributed by atoms with Crippen molar-refractivity contribution in [2.45, 2.75) is 51.4 Å². The van der Waals surface area contributed by atoms with E-state index in [0.29, 0.717) is 17.1 Å². The lowest BCUT2D eigenvalue weighted by molar-refractivity contribution is -0.0298. The Bertz CT molecular complexity index is 1460. The lowest BCUT2D eigenvalue weighted by Gasteiger charge is -2.57. The van der Waals surface area contributed by atoms with E-state index in [4.69, 9.17) is 12.1 Å². The summed E-state index contributed by atoms with van der Waals surface area (Å²) in [5.74, 6) is 1.02. The highest BCUT2D eigenvalue weighted by Crippen LogP contribution is 2.36. The van der Waals surface area contributed by atoms with Crippen molar-refractivity contribution in [2.24, 2.45) is 5.73 Å². The van der Waals surface area contributed by atoms with Crippen LogP contribution in [-0.4, -0.2) is 82.7 Å². The van der Waals surface area contributed by atoms with Crippen molar-refractivity contribution >= 4 is 22.4 Å². The van der Waals surface area contributed by atoms with Crippen LogP contribution in [0, 0.1) is 18.3 Å². The fourth-order valence-electron chi connectivity index (χ4n) is 6.89. The van der Waals surface area contributed by atoms with Crippen molar-refractivity contribution < 1.29 is 1.37 Å². The van der Waals surface area contributed by atoms with Crippen LogP contribution in [0.5, 0.6) is 0 Å². The second kappa shape index (κ2) is 9.19. The number of benzene rings is 1. The minimum Gasteiger partial charge on any atom is -0.368 e. The fraction of sp³-hybridized carbons (Fsp3) is 0.500. The van der Waals surface area contributed by atoms with E-state index in [1.807, 2.05) is 12.1 Å². The summed E-state index contributed by atoms with van der Waals surface area (Å²) in [7, 11) is 0. The summed E-state index contributed by atoms with van der Waals surface area (Å²) in [5, 5.41) is 10.6. The zero-order valence-corrected chi connectivity index (χ0v) is 22.9. The lowest BCUT2D eigenvalue weighted by atomic mass is 9.89. The van der Waals surface area contributed by atoms with Gasteiger partial charge in [-0.1, -0.05) is 6.07 Å². The summed E-state index contributed by atoms with van der Waals surface area (Å²) in [6.07, 6.45) is 0.185. The van der Waals surface area contributed by atoms with Crippen LogP contribution >= 0.6 is 0 Å². The zero-order valence-electron chi connectivity index (χ0n) is 23.9. The number of nitrogens with two attached hydrogens (primary N) is 1. The summed E-state index contributed by atoms with van der Waals surface area (Å²) >= 11 is 0. The molecule has 3 fully saturated rings. The normalized spacial score (nSPS) is 26.0. The van der Waals surface area contributed by atoms with Gasteiger partial charge in [-0.2, -0.15) is 5.26 Å². The third kappa shape index (κ3) is 4.39. The smallest absolute Gasteiger partial charge is 0.128 e. The first-order valence-electron chi connectivity index (χ1n) is 14.1. The van der Waals surface area contributed by atoms with Crippen LogP contribution < -0.4 is 15.5 Å². The maximum Gasteiger partial charge on any atom is 0.128 e. The largest absolute Gasteiger partial charge is 0.368 e. The van der Waals surface area contributed by atoms with Crippen molar-refractivity contribution in [2.75, 3.05) is 55.6 Å². The molecule has 0 bridgehead atoms. The molecule has 8 heteroatoms. The number of nitriles is 1. The molecule has 1 aromatic carbocycles. The quantitative estimate of drug-likeness (QED) is 0.572. The summed E-state index contributed by atoms with van der Waals surface area (Å²) < 4.78 is 7.98. The van der Waals surface area contributed by atoms with Gasteiger partial charge in [-0.05, 0) is 63.6 Å². The highest BCUT2D eigenvalue weighted by Gasteiger charge is 2.45. The zero-order chi connectivity index (χ0) is 27.5. The minimum absolute atomic E-state index is 0.0244. The first-order chi connectivity index (χ1) is 18.5. The van der Waals surface area contributed by atoms with Crippen LogP contribution in [0.3, 0.4) is 0 Å². The van der Waals surface area contributed by atoms with E-state index in [0.717, 1.165) is 74.9 Å². The topological polar surface area (TPSA) is 88.5 Å². The molecular weight excluding hydrogens is 472 g/mol. The van der Waals surface area contributed by atoms with E-state index in [1.165, 1.54) is 5.56 Å². The SMILES string of the molecule is [2H]c1ccc2c(N3C[C@@H](C)N4CCN(Cc5ccc(N6CC(C)(N)C6)nc5C)C[C@@]4(C)C3)ccc(C#N)c2n1. The molecule has 3 saturated heterocycles. The Hall–Kier alpha value is -3.25. The predicted molar refractivity (Wildman–Crippen MR) is 152 cm³/mol. The molecule has 38 heavy (non-hydrogen) atoms. The molecule has 198 valence electrons. The molecule has 2 aromatic heterocycles. The number of pyridine rings is 2. The molecule has 0 radical (unpaired) electrons. The third-order valence-corrected chi connectivity index (χ3v) is 8.62. The molecule has 0 saturated carbocycles. The first-order valence-corrected chi connectivity index (χ1v) is 13.6.